The van der Waals surface area contributed by atoms with E-state index in [0.717, 1.165) is 11.3 Å². The quantitative estimate of drug-likeness (QED) is 0.515. The molecule has 0 spiro atoms. The molecule has 0 fully saturated rings. The van der Waals surface area contributed by atoms with Gasteiger partial charge in [-0.05, 0) is 43.7 Å². The number of rotatable bonds is 9. The molecule has 0 saturated heterocycles. The number of thioether (sulfide) groups is 2. The summed E-state index contributed by atoms with van der Waals surface area (Å²) in [6, 6.07) is 8.65. The van der Waals surface area contributed by atoms with Crippen LogP contribution in [0.25, 0.3) is 11.5 Å². The Morgan fingerprint density at radius 1 is 1.27 bits per heavy atom. The van der Waals surface area contributed by atoms with E-state index in [0.29, 0.717) is 17.4 Å². The van der Waals surface area contributed by atoms with Gasteiger partial charge in [-0.3, -0.25) is 4.79 Å². The summed E-state index contributed by atoms with van der Waals surface area (Å²) in [5.41, 5.74) is 0.959. The molecule has 6 nitrogen and oxygen atoms in total. The van der Waals surface area contributed by atoms with Crippen molar-refractivity contribution in [2.75, 3.05) is 24.9 Å². The van der Waals surface area contributed by atoms with Crippen LogP contribution < -0.4 is 5.32 Å². The number of amides is 1. The minimum Gasteiger partial charge on any atom is -0.464 e. The van der Waals surface area contributed by atoms with Crippen molar-refractivity contribution in [3.05, 3.63) is 36.0 Å². The van der Waals surface area contributed by atoms with Crippen LogP contribution in [-0.2, 0) is 9.53 Å². The van der Waals surface area contributed by atoms with Crippen LogP contribution in [0.5, 0.6) is 0 Å². The molecule has 8 heteroatoms. The smallest absolute Gasteiger partial charge is 0.328 e. The lowest BCUT2D eigenvalue weighted by atomic mass is 10.2. The Bertz CT molecular complexity index is 734. The van der Waals surface area contributed by atoms with Gasteiger partial charge in [0.1, 0.15) is 6.04 Å². The van der Waals surface area contributed by atoms with E-state index >= 15 is 0 Å². The molecule has 0 radical (unpaired) electrons. The van der Waals surface area contributed by atoms with Crippen LogP contribution in [0.15, 0.2) is 39.8 Å². The number of hydrogen-bond donors (Lipinski definition) is 1. The first-order valence-electron chi connectivity index (χ1n) is 8.17. The second kappa shape index (κ2) is 10.3. The van der Waals surface area contributed by atoms with Gasteiger partial charge >= 0.3 is 5.97 Å². The lowest BCUT2D eigenvalue weighted by Crippen LogP contribution is -2.42. The highest BCUT2D eigenvalue weighted by molar-refractivity contribution is 7.98. The second-order valence-electron chi connectivity index (χ2n) is 5.28. The third kappa shape index (κ3) is 5.28. The van der Waals surface area contributed by atoms with Crippen LogP contribution >= 0.6 is 23.5 Å². The summed E-state index contributed by atoms with van der Waals surface area (Å²) in [7, 11) is 0. The first-order valence-corrected chi connectivity index (χ1v) is 10.8. The van der Waals surface area contributed by atoms with Gasteiger partial charge in [0.25, 0.3) is 5.91 Å². The number of carbonyl (C=O) groups is 2. The van der Waals surface area contributed by atoms with Gasteiger partial charge in [0.05, 0.1) is 6.61 Å². The minimum atomic E-state index is -0.707. The second-order valence-corrected chi connectivity index (χ2v) is 7.05. The standard InChI is InChI=1S/C18H22N2O4S2/c1-4-23-17(22)13(10-11-25-2)19-15(21)14-18(26-3)24-16(20-14)12-8-6-5-7-9-12/h5-9,13H,4,10-11H2,1-3H3,(H,19,21)/t13-/m0/s1. The molecule has 1 aromatic heterocycles. The highest BCUT2D eigenvalue weighted by Crippen LogP contribution is 2.27. The first kappa shape index (κ1) is 20.4. The molecule has 1 N–H and O–H groups in total. The zero-order chi connectivity index (χ0) is 18.9. The Labute approximate surface area is 161 Å². The van der Waals surface area contributed by atoms with Crippen molar-refractivity contribution in [3.8, 4) is 11.5 Å². The van der Waals surface area contributed by atoms with E-state index < -0.39 is 17.9 Å². The summed E-state index contributed by atoms with van der Waals surface area (Å²) in [5, 5.41) is 3.14. The molecule has 1 atom stereocenters. The third-order valence-corrected chi connectivity index (χ3v) is 4.80. The van der Waals surface area contributed by atoms with Crippen molar-refractivity contribution in [1.29, 1.82) is 0 Å². The Morgan fingerprint density at radius 3 is 2.62 bits per heavy atom. The first-order chi connectivity index (χ1) is 12.6. The molecule has 0 saturated carbocycles. The van der Waals surface area contributed by atoms with E-state index in [4.69, 9.17) is 9.15 Å². The number of benzene rings is 1. The summed E-state index contributed by atoms with van der Waals surface area (Å²) in [6.07, 6.45) is 4.24. The predicted molar refractivity (Wildman–Crippen MR) is 105 cm³/mol. The number of esters is 1. The maximum atomic E-state index is 12.7. The SMILES string of the molecule is CCOC(=O)[C@H](CCSC)NC(=O)c1nc(-c2ccccc2)oc1SC. The van der Waals surface area contributed by atoms with Crippen molar-refractivity contribution in [2.24, 2.45) is 0 Å². The molecule has 1 aromatic carbocycles. The Morgan fingerprint density at radius 2 is 2.00 bits per heavy atom. The molecule has 0 aliphatic rings. The van der Waals surface area contributed by atoms with Gasteiger partial charge in [-0.25, -0.2) is 9.78 Å². The van der Waals surface area contributed by atoms with Gasteiger partial charge in [-0.1, -0.05) is 30.0 Å². The Balaban J connectivity index is 2.21. The van der Waals surface area contributed by atoms with Crippen molar-refractivity contribution in [1.82, 2.24) is 10.3 Å². The van der Waals surface area contributed by atoms with Gasteiger partial charge in [-0.15, -0.1) is 0 Å². The van der Waals surface area contributed by atoms with E-state index in [-0.39, 0.29) is 12.3 Å². The molecule has 140 valence electrons. The number of oxazole rings is 1. The predicted octanol–water partition coefficient (Wildman–Crippen LogP) is 3.48. The number of carbonyl (C=O) groups excluding carboxylic acids is 2. The zero-order valence-corrected chi connectivity index (χ0v) is 16.6. The van der Waals surface area contributed by atoms with Crippen LogP contribution in [0.3, 0.4) is 0 Å². The Hall–Kier alpha value is -1.93. The monoisotopic (exact) mass is 394 g/mol. The Kier molecular flexibility index (Phi) is 8.06. The van der Waals surface area contributed by atoms with E-state index in [1.165, 1.54) is 11.8 Å². The van der Waals surface area contributed by atoms with Crippen LogP contribution in [0, 0.1) is 0 Å². The number of aromatic nitrogens is 1. The lowest BCUT2D eigenvalue weighted by Gasteiger charge is -2.16. The fourth-order valence-corrected chi connectivity index (χ4v) is 3.21. The van der Waals surface area contributed by atoms with Gasteiger partial charge in [-0.2, -0.15) is 11.8 Å². The number of nitrogens with one attached hydrogen (secondary N) is 1. The van der Waals surface area contributed by atoms with Crippen LogP contribution in [0.4, 0.5) is 0 Å². The molecule has 1 amide bonds. The summed E-state index contributed by atoms with van der Waals surface area (Å²) < 4.78 is 10.8. The molecule has 26 heavy (non-hydrogen) atoms. The van der Waals surface area contributed by atoms with Gasteiger partial charge < -0.3 is 14.5 Å². The zero-order valence-electron chi connectivity index (χ0n) is 15.0. The summed E-state index contributed by atoms with van der Waals surface area (Å²) in [5.74, 6) is 0.219. The van der Waals surface area contributed by atoms with Crippen LogP contribution in [-0.4, -0.2) is 47.8 Å². The minimum absolute atomic E-state index is 0.176. The van der Waals surface area contributed by atoms with E-state index in [2.05, 4.69) is 10.3 Å². The molecule has 0 aliphatic heterocycles. The molecule has 2 rings (SSSR count). The molecule has 2 aromatic rings. The van der Waals surface area contributed by atoms with Crippen LogP contribution in [0.2, 0.25) is 0 Å². The van der Waals surface area contributed by atoms with Gasteiger partial charge in [0, 0.05) is 5.56 Å². The largest absolute Gasteiger partial charge is 0.464 e. The fraction of sp³-hybridized carbons (Fsp3) is 0.389. The van der Waals surface area contributed by atoms with Gasteiger partial charge in [0.15, 0.2) is 10.8 Å². The number of ether oxygens (including phenoxy) is 1. The molecule has 0 aliphatic carbocycles. The third-order valence-electron chi connectivity index (χ3n) is 3.50. The molecule has 0 bridgehead atoms. The number of nitrogens with zero attached hydrogens (tertiary/aromatic N) is 1. The fourth-order valence-electron chi connectivity index (χ4n) is 2.25. The molecule has 1 heterocycles. The summed E-state index contributed by atoms with van der Waals surface area (Å²) in [4.78, 5) is 29.1. The van der Waals surface area contributed by atoms with E-state index in [1.54, 1.807) is 18.7 Å². The van der Waals surface area contributed by atoms with Gasteiger partial charge in [0.2, 0.25) is 5.89 Å². The van der Waals surface area contributed by atoms with Crippen LogP contribution in [0.1, 0.15) is 23.8 Å². The highest BCUT2D eigenvalue weighted by atomic mass is 32.2. The van der Waals surface area contributed by atoms with Crippen molar-refractivity contribution in [3.63, 3.8) is 0 Å². The molecular weight excluding hydrogens is 372 g/mol. The lowest BCUT2D eigenvalue weighted by molar-refractivity contribution is -0.145. The average Bonchev–Trinajstić information content (AvgIpc) is 3.10. The maximum Gasteiger partial charge on any atom is 0.328 e. The average molecular weight is 395 g/mol. The molecular formula is C18H22N2O4S2. The summed E-state index contributed by atoms with van der Waals surface area (Å²) >= 11 is 2.89. The van der Waals surface area contributed by atoms with E-state index in [9.17, 15) is 9.59 Å². The van der Waals surface area contributed by atoms with Crippen molar-refractivity contribution in [2.45, 2.75) is 24.5 Å². The summed E-state index contributed by atoms with van der Waals surface area (Å²) in [6.45, 7) is 2.00. The van der Waals surface area contributed by atoms with E-state index in [1.807, 2.05) is 42.8 Å². The van der Waals surface area contributed by atoms with Crippen molar-refractivity contribution >= 4 is 35.4 Å². The normalized spacial score (nSPS) is 11.8. The maximum absolute atomic E-state index is 12.7. The highest BCUT2D eigenvalue weighted by Gasteiger charge is 2.26. The molecule has 0 unspecified atom stereocenters. The number of hydrogen-bond acceptors (Lipinski definition) is 7. The topological polar surface area (TPSA) is 81.4 Å². The van der Waals surface area contributed by atoms with Crippen molar-refractivity contribution < 1.29 is 18.7 Å².